The van der Waals surface area contributed by atoms with E-state index in [1.165, 1.54) is 4.90 Å². The number of aliphatic hydroxyl groups excluding tert-OH is 1. The normalized spacial score (nSPS) is 17.8. The number of aliphatic hydroxyl groups is 1. The predicted octanol–water partition coefficient (Wildman–Crippen LogP) is 6.45. The molecule has 182 valence electrons. The third-order valence-electron chi connectivity index (χ3n) is 6.49. The maximum absolute atomic E-state index is 13.4. The summed E-state index contributed by atoms with van der Waals surface area (Å²) in [5.41, 5.74) is 4.53. The van der Waals surface area contributed by atoms with Crippen LogP contribution in [0, 0.1) is 6.92 Å². The summed E-state index contributed by atoms with van der Waals surface area (Å²) in [5, 5.41) is 11.7. The van der Waals surface area contributed by atoms with Crippen LogP contribution < -0.4 is 4.90 Å². The summed E-state index contributed by atoms with van der Waals surface area (Å²) in [6.07, 6.45) is 0. The lowest BCUT2D eigenvalue weighted by Gasteiger charge is -2.25. The van der Waals surface area contributed by atoms with Crippen LogP contribution in [0.15, 0.2) is 72.3 Å². The molecule has 36 heavy (non-hydrogen) atoms. The number of halogens is 1. The Hall–Kier alpha value is -3.90. The van der Waals surface area contributed by atoms with Crippen LogP contribution >= 0.6 is 11.6 Å². The van der Waals surface area contributed by atoms with Crippen molar-refractivity contribution in [1.29, 1.82) is 0 Å². The number of nitrogens with one attached hydrogen (secondary N) is 1. The minimum absolute atomic E-state index is 0.0117. The molecule has 0 saturated carbocycles. The largest absolute Gasteiger partial charge is 0.507 e. The second kappa shape index (κ2) is 8.64. The number of imidazole rings is 1. The topological polar surface area (TPSA) is 86.3 Å². The highest BCUT2D eigenvalue weighted by Crippen LogP contribution is 2.42. The van der Waals surface area contributed by atoms with E-state index < -0.39 is 17.7 Å². The average molecular weight is 500 g/mol. The van der Waals surface area contributed by atoms with E-state index in [9.17, 15) is 14.7 Å². The van der Waals surface area contributed by atoms with Crippen molar-refractivity contribution in [3.8, 4) is 0 Å². The average Bonchev–Trinajstić information content (AvgIpc) is 3.36. The second-order valence-electron chi connectivity index (χ2n) is 10.1. The molecular weight excluding hydrogens is 474 g/mol. The fourth-order valence-electron chi connectivity index (χ4n) is 4.55. The summed E-state index contributed by atoms with van der Waals surface area (Å²) in [5.74, 6) is -1.59. The molecule has 2 N–H and O–H groups in total. The maximum Gasteiger partial charge on any atom is 0.302 e. The molecule has 7 heteroatoms. The van der Waals surface area contributed by atoms with Gasteiger partial charge in [0.05, 0.1) is 22.6 Å². The zero-order valence-corrected chi connectivity index (χ0v) is 21.2. The number of aromatic nitrogens is 2. The first-order valence-corrected chi connectivity index (χ1v) is 12.1. The predicted molar refractivity (Wildman–Crippen MR) is 142 cm³/mol. The zero-order valence-electron chi connectivity index (χ0n) is 20.5. The van der Waals surface area contributed by atoms with Gasteiger partial charge in [0.25, 0.3) is 5.78 Å². The fourth-order valence-corrected chi connectivity index (χ4v) is 4.74. The smallest absolute Gasteiger partial charge is 0.302 e. The van der Waals surface area contributed by atoms with E-state index in [4.69, 9.17) is 11.6 Å². The number of benzene rings is 3. The number of Topliss-reactive ketones (excluding diaryl/α,β-unsaturated/α-hetero) is 1. The van der Waals surface area contributed by atoms with Crippen molar-refractivity contribution >= 4 is 46.0 Å². The molecule has 1 aliphatic rings. The molecule has 0 spiro atoms. The Bertz CT molecular complexity index is 1540. The number of anilines is 1. The second-order valence-corrected chi connectivity index (χ2v) is 10.6. The van der Waals surface area contributed by atoms with Gasteiger partial charge >= 0.3 is 5.91 Å². The van der Waals surface area contributed by atoms with Gasteiger partial charge in [-0.15, -0.1) is 0 Å². The number of hydrogen-bond donors (Lipinski definition) is 2. The summed E-state index contributed by atoms with van der Waals surface area (Å²) in [6.45, 7) is 8.31. The van der Waals surface area contributed by atoms with Crippen molar-refractivity contribution in [3.05, 3.63) is 99.6 Å². The van der Waals surface area contributed by atoms with Gasteiger partial charge in [-0.3, -0.25) is 14.5 Å². The minimum atomic E-state index is -0.875. The van der Waals surface area contributed by atoms with Gasteiger partial charge in [0.15, 0.2) is 0 Å². The van der Waals surface area contributed by atoms with Gasteiger partial charge in [0.1, 0.15) is 5.76 Å². The molecule has 1 saturated heterocycles. The van der Waals surface area contributed by atoms with Crippen molar-refractivity contribution in [3.63, 3.8) is 0 Å². The van der Waals surface area contributed by atoms with Gasteiger partial charge in [-0.2, -0.15) is 0 Å². The summed E-state index contributed by atoms with van der Waals surface area (Å²) >= 11 is 6.15. The van der Waals surface area contributed by atoms with E-state index in [2.05, 4.69) is 30.7 Å². The lowest BCUT2D eigenvalue weighted by molar-refractivity contribution is -0.132. The van der Waals surface area contributed by atoms with Crippen molar-refractivity contribution < 1.29 is 14.7 Å². The number of carbonyl (C=O) groups excluding carboxylic acids is 2. The Balaban J connectivity index is 1.72. The van der Waals surface area contributed by atoms with Crippen molar-refractivity contribution in [2.75, 3.05) is 4.90 Å². The van der Waals surface area contributed by atoms with Crippen LogP contribution in [-0.4, -0.2) is 26.8 Å². The molecule has 6 nitrogen and oxygen atoms in total. The first-order valence-electron chi connectivity index (χ1n) is 11.7. The van der Waals surface area contributed by atoms with Crippen LogP contribution in [-0.2, 0) is 15.0 Å². The molecule has 0 radical (unpaired) electrons. The summed E-state index contributed by atoms with van der Waals surface area (Å²) in [7, 11) is 0. The van der Waals surface area contributed by atoms with E-state index >= 15 is 0 Å². The van der Waals surface area contributed by atoms with Crippen LogP contribution in [0.2, 0.25) is 5.02 Å². The van der Waals surface area contributed by atoms with E-state index in [0.717, 1.165) is 16.6 Å². The monoisotopic (exact) mass is 499 g/mol. The highest BCUT2D eigenvalue weighted by Gasteiger charge is 2.48. The third kappa shape index (κ3) is 4.07. The Morgan fingerprint density at radius 3 is 2.42 bits per heavy atom. The highest BCUT2D eigenvalue weighted by molar-refractivity contribution is 6.51. The standard InChI is InChI=1S/C29H26ClN3O3/c1-16-8-13-21-22(14-16)32-28(31-21)33-24(17-9-11-19(12-10-17)29(2,3)4)23(26(35)27(33)36)25(34)18-6-5-7-20(30)15-18/h5-15,24,34H,1-4H3,(H,31,32)/b25-23+. The minimum Gasteiger partial charge on any atom is -0.507 e. The number of aryl methyl sites for hydroxylation is 1. The van der Waals surface area contributed by atoms with E-state index in [-0.39, 0.29) is 22.7 Å². The van der Waals surface area contributed by atoms with Gasteiger partial charge in [0.2, 0.25) is 5.95 Å². The number of hydrogen-bond acceptors (Lipinski definition) is 4. The van der Waals surface area contributed by atoms with Crippen molar-refractivity contribution in [2.24, 2.45) is 0 Å². The van der Waals surface area contributed by atoms with E-state index in [1.807, 2.05) is 49.4 Å². The Kier molecular flexibility index (Phi) is 5.72. The summed E-state index contributed by atoms with van der Waals surface area (Å²) < 4.78 is 0. The van der Waals surface area contributed by atoms with Gasteiger partial charge in [-0.05, 0) is 53.3 Å². The van der Waals surface area contributed by atoms with Crippen LogP contribution in [0.25, 0.3) is 16.8 Å². The number of carbonyl (C=O) groups is 2. The number of H-pyrrole nitrogens is 1. The van der Waals surface area contributed by atoms with Crippen LogP contribution in [0.5, 0.6) is 0 Å². The van der Waals surface area contributed by atoms with Crippen LogP contribution in [0.3, 0.4) is 0 Å². The molecule has 1 amide bonds. The number of amides is 1. The maximum atomic E-state index is 13.4. The van der Waals surface area contributed by atoms with Gasteiger partial charge in [-0.25, -0.2) is 4.98 Å². The molecule has 4 aromatic rings. The summed E-state index contributed by atoms with van der Waals surface area (Å²) in [4.78, 5) is 35.9. The van der Waals surface area contributed by atoms with E-state index in [1.54, 1.807) is 24.3 Å². The molecule has 0 aliphatic carbocycles. The lowest BCUT2D eigenvalue weighted by Crippen LogP contribution is -2.30. The molecule has 1 fully saturated rings. The Morgan fingerprint density at radius 1 is 1.03 bits per heavy atom. The number of fused-ring (bicyclic) bond motifs is 1. The van der Waals surface area contributed by atoms with Crippen molar-refractivity contribution in [1.82, 2.24) is 9.97 Å². The fraction of sp³-hybridized carbons (Fsp3) is 0.207. The number of aromatic amines is 1. The molecule has 1 aliphatic heterocycles. The van der Waals surface area contributed by atoms with Crippen LogP contribution in [0.4, 0.5) is 5.95 Å². The molecule has 3 aromatic carbocycles. The van der Waals surface area contributed by atoms with Gasteiger partial charge in [-0.1, -0.05) is 74.8 Å². The van der Waals surface area contributed by atoms with Crippen LogP contribution in [0.1, 0.15) is 49.1 Å². The quantitative estimate of drug-likeness (QED) is 0.193. The molecule has 1 aromatic heterocycles. The SMILES string of the molecule is Cc1ccc2nc(N3C(=O)C(=O)/C(=C(/O)c4cccc(Cl)c4)C3c3ccc(C(C)(C)C)cc3)[nH]c2c1. The molecule has 5 rings (SSSR count). The van der Waals surface area contributed by atoms with Crippen molar-refractivity contribution in [2.45, 2.75) is 39.2 Å². The van der Waals surface area contributed by atoms with Gasteiger partial charge < -0.3 is 10.1 Å². The zero-order chi connectivity index (χ0) is 25.8. The lowest BCUT2D eigenvalue weighted by atomic mass is 9.85. The molecule has 1 atom stereocenters. The Labute approximate surface area is 214 Å². The molecule has 1 unspecified atom stereocenters. The third-order valence-corrected chi connectivity index (χ3v) is 6.72. The highest BCUT2D eigenvalue weighted by atomic mass is 35.5. The van der Waals surface area contributed by atoms with Gasteiger partial charge in [0, 0.05) is 10.6 Å². The summed E-state index contributed by atoms with van der Waals surface area (Å²) in [6, 6.07) is 19.2. The van der Waals surface area contributed by atoms with E-state index in [0.29, 0.717) is 21.7 Å². The number of ketones is 1. The molecular formula is C29H26ClN3O3. The number of rotatable bonds is 3. The molecule has 2 heterocycles. The first kappa shape index (κ1) is 23.8. The number of nitrogens with zero attached hydrogens (tertiary/aromatic N) is 2. The Morgan fingerprint density at radius 2 is 1.75 bits per heavy atom. The molecule has 0 bridgehead atoms. The first-order chi connectivity index (χ1) is 17.0.